The molecule has 0 aliphatic carbocycles. The molecular formula is C19H21F4N3O2. The van der Waals surface area contributed by atoms with Gasteiger partial charge >= 0.3 is 6.18 Å². The van der Waals surface area contributed by atoms with E-state index in [-0.39, 0.29) is 18.9 Å². The minimum Gasteiger partial charge on any atom is -0.467 e. The molecule has 1 saturated heterocycles. The van der Waals surface area contributed by atoms with Crippen LogP contribution in [0.4, 0.5) is 23.2 Å². The molecule has 0 N–H and O–H groups in total. The van der Waals surface area contributed by atoms with Gasteiger partial charge in [-0.3, -0.25) is 9.69 Å². The third-order valence-electron chi connectivity index (χ3n) is 4.57. The van der Waals surface area contributed by atoms with Gasteiger partial charge in [-0.15, -0.1) is 0 Å². The van der Waals surface area contributed by atoms with Gasteiger partial charge in [-0.2, -0.15) is 13.2 Å². The molecule has 1 aliphatic heterocycles. The smallest absolute Gasteiger partial charge is 0.406 e. The highest BCUT2D eigenvalue weighted by atomic mass is 19.4. The van der Waals surface area contributed by atoms with Gasteiger partial charge in [0.05, 0.1) is 25.0 Å². The maximum absolute atomic E-state index is 13.9. The van der Waals surface area contributed by atoms with Crippen molar-refractivity contribution in [3.8, 4) is 0 Å². The molecular weight excluding hydrogens is 378 g/mol. The molecule has 9 heteroatoms. The third-order valence-corrected chi connectivity index (χ3v) is 4.57. The molecule has 0 atom stereocenters. The van der Waals surface area contributed by atoms with Crippen LogP contribution in [0.2, 0.25) is 0 Å². The summed E-state index contributed by atoms with van der Waals surface area (Å²) in [6.45, 7) is 0.211. The van der Waals surface area contributed by atoms with Gasteiger partial charge < -0.3 is 14.2 Å². The Labute approximate surface area is 160 Å². The van der Waals surface area contributed by atoms with Crippen molar-refractivity contribution < 1.29 is 26.8 Å². The average molecular weight is 399 g/mol. The molecule has 2 heterocycles. The fraction of sp³-hybridized carbons (Fsp3) is 0.421. The third kappa shape index (κ3) is 5.48. The van der Waals surface area contributed by atoms with Crippen molar-refractivity contribution in [2.45, 2.75) is 12.7 Å². The van der Waals surface area contributed by atoms with Crippen LogP contribution in [-0.4, -0.2) is 61.2 Å². The van der Waals surface area contributed by atoms with Crippen LogP contribution in [0.25, 0.3) is 0 Å². The van der Waals surface area contributed by atoms with Gasteiger partial charge in [-0.05, 0) is 24.3 Å². The summed E-state index contributed by atoms with van der Waals surface area (Å²) in [7, 11) is 0. The predicted molar refractivity (Wildman–Crippen MR) is 95.2 cm³/mol. The Morgan fingerprint density at radius 3 is 2.39 bits per heavy atom. The van der Waals surface area contributed by atoms with E-state index in [1.807, 2.05) is 4.90 Å². The molecule has 5 nitrogen and oxygen atoms in total. The van der Waals surface area contributed by atoms with E-state index in [0.717, 1.165) is 4.90 Å². The molecule has 0 radical (unpaired) electrons. The molecule has 0 unspecified atom stereocenters. The fourth-order valence-corrected chi connectivity index (χ4v) is 3.19. The summed E-state index contributed by atoms with van der Waals surface area (Å²) in [4.78, 5) is 16.9. The van der Waals surface area contributed by atoms with E-state index in [2.05, 4.69) is 0 Å². The maximum Gasteiger partial charge on any atom is 0.406 e. The minimum absolute atomic E-state index is 0.123. The molecule has 1 aromatic carbocycles. The van der Waals surface area contributed by atoms with E-state index >= 15 is 0 Å². The quantitative estimate of drug-likeness (QED) is 0.700. The summed E-state index contributed by atoms with van der Waals surface area (Å²) in [5.74, 6) is -0.642. The number of piperazine rings is 1. The molecule has 0 saturated carbocycles. The summed E-state index contributed by atoms with van der Waals surface area (Å²) in [5, 5.41) is 0. The second kappa shape index (κ2) is 8.64. The second-order valence-corrected chi connectivity index (χ2v) is 6.66. The van der Waals surface area contributed by atoms with Crippen molar-refractivity contribution >= 4 is 11.6 Å². The van der Waals surface area contributed by atoms with Gasteiger partial charge in [-0.1, -0.05) is 12.1 Å². The number of carbonyl (C=O) groups excluding carboxylic acids is 1. The summed E-state index contributed by atoms with van der Waals surface area (Å²) in [6, 6.07) is 9.52. The number of para-hydroxylation sites is 1. The zero-order valence-electron chi connectivity index (χ0n) is 15.2. The van der Waals surface area contributed by atoms with Gasteiger partial charge in [0.25, 0.3) is 0 Å². The van der Waals surface area contributed by atoms with Crippen LogP contribution in [-0.2, 0) is 11.3 Å². The van der Waals surface area contributed by atoms with E-state index < -0.39 is 18.6 Å². The van der Waals surface area contributed by atoms with E-state index in [9.17, 15) is 22.4 Å². The molecule has 3 rings (SSSR count). The second-order valence-electron chi connectivity index (χ2n) is 6.66. The van der Waals surface area contributed by atoms with E-state index in [1.54, 1.807) is 29.2 Å². The first kappa shape index (κ1) is 20.2. The monoisotopic (exact) mass is 399 g/mol. The van der Waals surface area contributed by atoms with Crippen LogP contribution < -0.4 is 4.90 Å². The van der Waals surface area contributed by atoms with Crippen LogP contribution in [0.15, 0.2) is 47.1 Å². The van der Waals surface area contributed by atoms with E-state index in [1.165, 1.54) is 18.4 Å². The Hall–Kier alpha value is -2.55. The molecule has 0 bridgehead atoms. The number of benzene rings is 1. The highest BCUT2D eigenvalue weighted by Crippen LogP contribution is 2.21. The number of anilines is 1. The number of alkyl halides is 3. The van der Waals surface area contributed by atoms with Crippen LogP contribution >= 0.6 is 0 Å². The molecule has 28 heavy (non-hydrogen) atoms. The number of halogens is 4. The Morgan fingerprint density at radius 1 is 1.07 bits per heavy atom. The number of hydrogen-bond acceptors (Lipinski definition) is 4. The number of rotatable bonds is 6. The Bertz CT molecular complexity index is 772. The zero-order valence-corrected chi connectivity index (χ0v) is 15.2. The van der Waals surface area contributed by atoms with Crippen LogP contribution in [0.3, 0.4) is 0 Å². The Morgan fingerprint density at radius 2 is 1.79 bits per heavy atom. The van der Waals surface area contributed by atoms with Gasteiger partial charge in [0, 0.05) is 26.2 Å². The van der Waals surface area contributed by atoms with Gasteiger partial charge in [0.2, 0.25) is 5.91 Å². The maximum atomic E-state index is 13.9. The number of amides is 1. The summed E-state index contributed by atoms with van der Waals surface area (Å²) in [5.41, 5.74) is 0.491. The van der Waals surface area contributed by atoms with Gasteiger partial charge in [0.1, 0.15) is 18.1 Å². The zero-order chi connectivity index (χ0) is 20.1. The van der Waals surface area contributed by atoms with E-state index in [4.69, 9.17) is 4.42 Å². The summed E-state index contributed by atoms with van der Waals surface area (Å²) >= 11 is 0. The summed E-state index contributed by atoms with van der Waals surface area (Å²) < 4.78 is 57.6. The first-order valence-electron chi connectivity index (χ1n) is 8.90. The summed E-state index contributed by atoms with van der Waals surface area (Å²) in [6.07, 6.45) is -3.14. The lowest BCUT2D eigenvalue weighted by atomic mass is 10.2. The number of nitrogens with zero attached hydrogens (tertiary/aromatic N) is 3. The van der Waals surface area contributed by atoms with E-state index in [0.29, 0.717) is 37.6 Å². The highest BCUT2D eigenvalue weighted by molar-refractivity contribution is 5.78. The normalized spacial score (nSPS) is 15.6. The van der Waals surface area contributed by atoms with Crippen molar-refractivity contribution in [3.63, 3.8) is 0 Å². The highest BCUT2D eigenvalue weighted by Gasteiger charge is 2.34. The largest absolute Gasteiger partial charge is 0.467 e. The predicted octanol–water partition coefficient (Wildman–Crippen LogP) is 3.13. The Balaban J connectivity index is 1.57. The Kier molecular flexibility index (Phi) is 6.23. The first-order chi connectivity index (χ1) is 13.3. The SMILES string of the molecule is O=C(CN1CCN(c2ccccc2F)CC1)N(Cc1ccco1)CC(F)(F)F. The number of carbonyl (C=O) groups is 1. The molecule has 0 spiro atoms. The molecule has 1 amide bonds. The van der Waals surface area contributed by atoms with Gasteiger partial charge in [0.15, 0.2) is 0 Å². The standard InChI is InChI=1S/C19H21F4N3O2/c20-16-5-1-2-6-17(16)25-9-7-24(8-10-25)13-18(27)26(14-19(21,22)23)12-15-4-3-11-28-15/h1-6,11H,7-10,12-14H2. The van der Waals surface area contributed by atoms with Crippen molar-refractivity contribution in [2.24, 2.45) is 0 Å². The van der Waals surface area contributed by atoms with Crippen LogP contribution in [0.5, 0.6) is 0 Å². The van der Waals surface area contributed by atoms with Crippen LogP contribution in [0, 0.1) is 5.82 Å². The first-order valence-corrected chi connectivity index (χ1v) is 8.90. The van der Waals surface area contributed by atoms with Crippen molar-refractivity contribution in [1.82, 2.24) is 9.80 Å². The molecule has 152 valence electrons. The minimum atomic E-state index is -4.49. The molecule has 2 aromatic rings. The van der Waals surface area contributed by atoms with Crippen LogP contribution in [0.1, 0.15) is 5.76 Å². The van der Waals surface area contributed by atoms with Crippen molar-refractivity contribution in [2.75, 3.05) is 44.2 Å². The van der Waals surface area contributed by atoms with Gasteiger partial charge in [-0.25, -0.2) is 4.39 Å². The molecule has 1 fully saturated rings. The van der Waals surface area contributed by atoms with Crippen molar-refractivity contribution in [3.05, 3.63) is 54.2 Å². The average Bonchev–Trinajstić information content (AvgIpc) is 3.14. The lowest BCUT2D eigenvalue weighted by molar-refractivity contribution is -0.163. The fourth-order valence-electron chi connectivity index (χ4n) is 3.19. The van der Waals surface area contributed by atoms with Crippen molar-refractivity contribution in [1.29, 1.82) is 0 Å². The topological polar surface area (TPSA) is 39.9 Å². The molecule has 1 aromatic heterocycles. The lowest BCUT2D eigenvalue weighted by Crippen LogP contribution is -2.51. The number of hydrogen-bond donors (Lipinski definition) is 0. The lowest BCUT2D eigenvalue weighted by Gasteiger charge is -2.36. The number of furan rings is 1. The molecule has 1 aliphatic rings.